The molecular weight excluding hydrogens is 1370 g/mol. The van der Waals surface area contributed by atoms with Crippen molar-refractivity contribution in [3.8, 4) is 23.0 Å². The number of rotatable bonds is 47. The quantitative estimate of drug-likeness (QED) is 0.0394. The van der Waals surface area contributed by atoms with E-state index in [-0.39, 0.29) is 130 Å². The molecule has 0 aliphatic carbocycles. The Hall–Kier alpha value is -9.18. The maximum Gasteiger partial charge on any atom is 0.416 e. The number of hydrogen-bond acceptors (Lipinski definition) is 24. The molecule has 0 aromatic heterocycles. The number of aliphatic hydroxyl groups is 1. The van der Waals surface area contributed by atoms with Crippen molar-refractivity contribution < 1.29 is 110 Å². The van der Waals surface area contributed by atoms with Crippen molar-refractivity contribution >= 4 is 76.5 Å². The molecule has 0 fully saturated rings. The van der Waals surface area contributed by atoms with Crippen molar-refractivity contribution in [1.29, 1.82) is 0 Å². The highest BCUT2D eigenvalue weighted by atomic mass is 16.6. The molecule has 0 spiro atoms. The fourth-order valence-electron chi connectivity index (χ4n) is 11.7. The zero-order chi connectivity index (χ0) is 75.2. The van der Waals surface area contributed by atoms with Crippen LogP contribution in [0.2, 0.25) is 0 Å². The van der Waals surface area contributed by atoms with Gasteiger partial charge in [0.15, 0.2) is 35.0 Å². The van der Waals surface area contributed by atoms with Crippen molar-refractivity contribution in [2.75, 3.05) is 156 Å². The number of ether oxygens (including phenoxy) is 13. The monoisotopic (exact) mass is 1470 g/mol. The van der Waals surface area contributed by atoms with Gasteiger partial charge in [-0.15, -0.1) is 0 Å². The zero-order valence-corrected chi connectivity index (χ0v) is 60.7. The lowest BCUT2D eigenvalue weighted by Gasteiger charge is -2.31. The third-order valence-electron chi connectivity index (χ3n) is 17.2. The number of amides is 8. The molecule has 572 valence electrons. The first kappa shape index (κ1) is 81.5. The summed E-state index contributed by atoms with van der Waals surface area (Å²) in [5, 5.41) is 20.3. The molecule has 5 aliphatic rings. The van der Waals surface area contributed by atoms with E-state index in [1.165, 1.54) is 43.4 Å². The minimum Gasteiger partial charge on any atom is -0.493 e. The topological polar surface area (TPSA) is 355 Å². The summed E-state index contributed by atoms with van der Waals surface area (Å²) in [6, 6.07) is 10.9. The van der Waals surface area contributed by atoms with Crippen molar-refractivity contribution in [3.05, 3.63) is 101 Å². The molecule has 5 aliphatic heterocycles. The summed E-state index contributed by atoms with van der Waals surface area (Å²) >= 11 is 0. The van der Waals surface area contributed by atoms with E-state index in [1.807, 2.05) is 33.9 Å². The van der Waals surface area contributed by atoms with Gasteiger partial charge < -0.3 is 92.4 Å². The smallest absolute Gasteiger partial charge is 0.416 e. The molecule has 0 unspecified atom stereocenters. The van der Waals surface area contributed by atoms with Crippen molar-refractivity contribution in [1.82, 2.24) is 25.3 Å². The number of nitrogens with zero attached hydrogens (tertiary/aromatic N) is 5. The Kier molecular flexibility index (Phi) is 32.7. The summed E-state index contributed by atoms with van der Waals surface area (Å²) in [4.78, 5) is 127. The summed E-state index contributed by atoms with van der Waals surface area (Å²) in [5.74, 6) is -2.76. The van der Waals surface area contributed by atoms with Crippen molar-refractivity contribution in [2.24, 2.45) is 16.8 Å². The van der Waals surface area contributed by atoms with Gasteiger partial charge >= 0.3 is 6.09 Å². The van der Waals surface area contributed by atoms with E-state index in [1.54, 1.807) is 60.6 Å². The molecule has 8 rings (SSSR count). The largest absolute Gasteiger partial charge is 0.493 e. The number of Topliss-reactive ketones (excluding diaryl/α,β-unsaturated/α-hetero) is 1. The molecular formula is C74H98N8O23. The first-order valence-electron chi connectivity index (χ1n) is 35.3. The lowest BCUT2D eigenvalue weighted by molar-refractivity contribution is -0.137. The summed E-state index contributed by atoms with van der Waals surface area (Å²) in [6.45, 7) is 14.9. The minimum atomic E-state index is -1.54. The SMILES string of the molecule is COc1cc2c(cc1OCCCOc1cc3c(cc1OC)C(=O)N1C=C(C)C[C@H]1[C@H](O)N3C(=O)OCc1ccc(NC(=O)[C@H](C)CC(=O)[C@@H](NC(=O)CCOCCOCCOCCOCCOCCOCCOCCOCCNC(=O)CCN3C(=O)C=CC3=O)C(C)C)cc1)N=C[C@@H]1CC(C)=CN1C2=O. The van der Waals surface area contributed by atoms with Crippen LogP contribution in [0.3, 0.4) is 0 Å². The second kappa shape index (κ2) is 42.1. The van der Waals surface area contributed by atoms with Crippen LogP contribution in [0.25, 0.3) is 0 Å². The summed E-state index contributed by atoms with van der Waals surface area (Å²) in [7, 11) is 2.91. The minimum absolute atomic E-state index is 0.0107. The number of carbonyl (C=O) groups is 9. The fraction of sp³-hybridized carbons (Fsp3) is 0.541. The van der Waals surface area contributed by atoms with Crippen LogP contribution in [0.1, 0.15) is 99.4 Å². The van der Waals surface area contributed by atoms with Crippen LogP contribution in [-0.4, -0.2) is 250 Å². The van der Waals surface area contributed by atoms with Crippen LogP contribution >= 0.6 is 0 Å². The molecule has 3 aromatic rings. The number of benzene rings is 3. The van der Waals surface area contributed by atoms with Crippen LogP contribution in [0.5, 0.6) is 23.0 Å². The van der Waals surface area contributed by atoms with Crippen LogP contribution < -0.4 is 39.8 Å². The van der Waals surface area contributed by atoms with E-state index in [4.69, 9.17) is 61.6 Å². The average Bonchev–Trinajstić information content (AvgIpc) is 1.63. The van der Waals surface area contributed by atoms with Crippen LogP contribution in [0, 0.1) is 11.8 Å². The van der Waals surface area contributed by atoms with Crippen LogP contribution in [0.15, 0.2) is 89.2 Å². The number of methoxy groups -OCH3 is 2. The zero-order valence-electron chi connectivity index (χ0n) is 60.7. The predicted molar refractivity (Wildman–Crippen MR) is 380 cm³/mol. The molecule has 105 heavy (non-hydrogen) atoms. The highest BCUT2D eigenvalue weighted by molar-refractivity contribution is 6.13. The summed E-state index contributed by atoms with van der Waals surface area (Å²) in [6.07, 6.45) is 6.36. The molecule has 4 N–H and O–H groups in total. The second-order valence-electron chi connectivity index (χ2n) is 25.6. The maximum absolute atomic E-state index is 14.3. The number of aliphatic imine (C=N–C) groups is 1. The first-order valence-corrected chi connectivity index (χ1v) is 35.3. The van der Waals surface area contributed by atoms with Gasteiger partial charge in [0.2, 0.25) is 17.7 Å². The Morgan fingerprint density at radius 1 is 0.600 bits per heavy atom. The molecule has 3 aromatic carbocycles. The normalized spacial score (nSPS) is 17.1. The first-order chi connectivity index (χ1) is 50.7. The number of nitrogens with one attached hydrogen (secondary N) is 3. The van der Waals surface area contributed by atoms with Crippen LogP contribution in [0.4, 0.5) is 21.9 Å². The Balaban J connectivity index is 0.654. The van der Waals surface area contributed by atoms with E-state index in [0.29, 0.717) is 139 Å². The van der Waals surface area contributed by atoms with Gasteiger partial charge in [0, 0.05) is 93.3 Å². The van der Waals surface area contributed by atoms with Crippen molar-refractivity contribution in [2.45, 2.75) is 104 Å². The van der Waals surface area contributed by atoms with E-state index in [2.05, 4.69) is 20.9 Å². The number of fused-ring (bicyclic) bond motifs is 4. The number of imide groups is 1. The second-order valence-corrected chi connectivity index (χ2v) is 25.6. The molecule has 0 radical (unpaired) electrons. The van der Waals surface area contributed by atoms with Crippen LogP contribution in [-0.2, 0) is 78.0 Å². The Labute approximate surface area is 610 Å². The Morgan fingerprint density at radius 3 is 1.70 bits per heavy atom. The fourth-order valence-corrected chi connectivity index (χ4v) is 11.7. The molecule has 31 heteroatoms. The highest BCUT2D eigenvalue weighted by Gasteiger charge is 2.45. The average molecular weight is 1470 g/mol. The van der Waals surface area contributed by atoms with Gasteiger partial charge in [0.25, 0.3) is 23.6 Å². The molecule has 0 saturated heterocycles. The van der Waals surface area contributed by atoms with Gasteiger partial charge in [-0.2, -0.15) is 0 Å². The standard InChI is InChI=1S/C74H98N8O23/c1-48(2)69(78-66(85)16-21-95-23-25-97-27-29-99-31-33-101-35-36-102-34-32-100-30-28-98-26-24-96-22-17-75-65(84)15-18-79-67(86)13-14-68(79)87)60(83)39-51(5)70(88)77-53-11-9-52(10-12-53)47-105-74(92)82-58-43-64(62(94-7)41-56(58)72(90)81-46-50(4)38-59(81)73(82)91)104-20-8-19-103-63-42-57-55(40-61(63)93-6)71(89)80-45-49(3)37-54(80)44-76-57/h9-14,40-46,48,51,54,59,69,73,91H,8,15-39,47H2,1-7H3,(H,75,84)(H,77,88)(H,78,85)/t51-,54+,59+,69+,73+/m1/s1. The Bertz CT molecular complexity index is 3580. The number of anilines is 2. The molecule has 5 heterocycles. The number of ketones is 1. The number of hydrogen-bond donors (Lipinski definition) is 4. The molecule has 0 saturated carbocycles. The molecule has 8 amide bonds. The van der Waals surface area contributed by atoms with E-state index >= 15 is 0 Å². The van der Waals surface area contributed by atoms with Gasteiger partial charge in [-0.3, -0.25) is 48.2 Å². The van der Waals surface area contributed by atoms with Gasteiger partial charge in [-0.25, -0.2) is 9.69 Å². The van der Waals surface area contributed by atoms with Gasteiger partial charge in [-0.1, -0.05) is 44.1 Å². The van der Waals surface area contributed by atoms with E-state index in [0.717, 1.165) is 20.9 Å². The molecule has 0 bridgehead atoms. The number of carbonyl (C=O) groups excluding carboxylic acids is 9. The van der Waals surface area contributed by atoms with E-state index < -0.39 is 54.0 Å². The molecule has 31 nitrogen and oxygen atoms in total. The van der Waals surface area contributed by atoms with Gasteiger partial charge in [-0.05, 0) is 62.4 Å². The third-order valence-corrected chi connectivity index (χ3v) is 17.2. The predicted octanol–water partition coefficient (Wildman–Crippen LogP) is 5.61. The highest BCUT2D eigenvalue weighted by Crippen LogP contribution is 2.43. The number of aliphatic hydroxyl groups excluding tert-OH is 1. The maximum atomic E-state index is 14.3. The lowest BCUT2D eigenvalue weighted by atomic mass is 9.92. The summed E-state index contributed by atoms with van der Waals surface area (Å²) in [5.41, 5.74) is 3.80. The lowest BCUT2D eigenvalue weighted by Crippen LogP contribution is -2.50. The summed E-state index contributed by atoms with van der Waals surface area (Å²) < 4.78 is 73.5. The van der Waals surface area contributed by atoms with Gasteiger partial charge in [0.05, 0.1) is 174 Å². The van der Waals surface area contributed by atoms with Crippen molar-refractivity contribution in [3.63, 3.8) is 0 Å². The van der Waals surface area contributed by atoms with E-state index in [9.17, 15) is 48.3 Å². The van der Waals surface area contributed by atoms with Gasteiger partial charge in [0.1, 0.15) is 6.61 Å². The Morgan fingerprint density at radius 2 is 1.12 bits per heavy atom. The third kappa shape index (κ3) is 24.4. The molecule has 5 atom stereocenters.